The van der Waals surface area contributed by atoms with Crippen LogP contribution in [0.15, 0.2) is 48.5 Å². The van der Waals surface area contributed by atoms with Gasteiger partial charge >= 0.3 is 0 Å². The normalized spacial score (nSPS) is 17.4. The monoisotopic (exact) mass is 269 g/mol. The number of ether oxygens (including phenoxy) is 2. The average Bonchev–Trinajstić information content (AvgIpc) is 2.48. The van der Waals surface area contributed by atoms with E-state index in [4.69, 9.17) is 9.47 Å². The van der Waals surface area contributed by atoms with Crippen LogP contribution in [0.1, 0.15) is 6.92 Å². The van der Waals surface area contributed by atoms with Gasteiger partial charge in [0.1, 0.15) is 11.5 Å². The molecule has 1 aliphatic rings. The number of methoxy groups -OCH3 is 1. The molecule has 4 nitrogen and oxygen atoms in total. The highest BCUT2D eigenvalue weighted by molar-refractivity contribution is 6.05. The van der Waals surface area contributed by atoms with E-state index in [-0.39, 0.29) is 5.91 Å². The van der Waals surface area contributed by atoms with Gasteiger partial charge in [-0.1, -0.05) is 18.2 Å². The van der Waals surface area contributed by atoms with Gasteiger partial charge in [-0.15, -0.1) is 0 Å². The molecule has 4 heteroatoms. The molecule has 0 saturated heterocycles. The van der Waals surface area contributed by atoms with Gasteiger partial charge in [-0.2, -0.15) is 0 Å². The van der Waals surface area contributed by atoms with Crippen molar-refractivity contribution in [3.05, 3.63) is 48.5 Å². The van der Waals surface area contributed by atoms with Crippen LogP contribution in [0.4, 0.5) is 11.4 Å². The van der Waals surface area contributed by atoms with E-state index in [1.54, 1.807) is 18.9 Å². The lowest BCUT2D eigenvalue weighted by Gasteiger charge is -2.33. The van der Waals surface area contributed by atoms with E-state index in [9.17, 15) is 4.79 Å². The first-order valence-corrected chi connectivity index (χ1v) is 6.44. The Hall–Kier alpha value is -2.49. The molecule has 0 N–H and O–H groups in total. The van der Waals surface area contributed by atoms with E-state index >= 15 is 0 Å². The van der Waals surface area contributed by atoms with Crippen LogP contribution in [0.3, 0.4) is 0 Å². The molecule has 0 fully saturated rings. The minimum atomic E-state index is -0.504. The maximum atomic E-state index is 12.4. The summed E-state index contributed by atoms with van der Waals surface area (Å²) < 4.78 is 10.9. The fourth-order valence-electron chi connectivity index (χ4n) is 2.30. The Morgan fingerprint density at radius 3 is 2.75 bits per heavy atom. The molecular formula is C16H15NO3. The number of hydrogen-bond acceptors (Lipinski definition) is 3. The van der Waals surface area contributed by atoms with Crippen molar-refractivity contribution in [2.75, 3.05) is 12.0 Å². The van der Waals surface area contributed by atoms with Crippen LogP contribution >= 0.6 is 0 Å². The Bertz CT molecular complexity index is 654. The van der Waals surface area contributed by atoms with Crippen molar-refractivity contribution in [2.24, 2.45) is 0 Å². The number of rotatable bonds is 2. The van der Waals surface area contributed by atoms with Crippen molar-refractivity contribution < 1.29 is 14.3 Å². The molecular weight excluding hydrogens is 254 g/mol. The Morgan fingerprint density at radius 1 is 1.15 bits per heavy atom. The molecule has 3 rings (SSSR count). The van der Waals surface area contributed by atoms with E-state index in [1.807, 2.05) is 48.5 Å². The zero-order chi connectivity index (χ0) is 14.1. The fourth-order valence-corrected chi connectivity index (χ4v) is 2.30. The van der Waals surface area contributed by atoms with Crippen LogP contribution in [0.25, 0.3) is 0 Å². The standard InChI is InChI=1S/C16H15NO3/c1-11-16(18)17(12-6-5-7-13(10-12)19-2)14-8-3-4-9-15(14)20-11/h3-11H,1-2H3. The van der Waals surface area contributed by atoms with Crippen molar-refractivity contribution in [3.8, 4) is 11.5 Å². The van der Waals surface area contributed by atoms with Gasteiger partial charge in [-0.3, -0.25) is 9.69 Å². The van der Waals surface area contributed by atoms with E-state index in [0.717, 1.165) is 11.4 Å². The zero-order valence-electron chi connectivity index (χ0n) is 11.4. The minimum Gasteiger partial charge on any atom is -0.497 e. The third-order valence-corrected chi connectivity index (χ3v) is 3.29. The first-order chi connectivity index (χ1) is 9.70. The van der Waals surface area contributed by atoms with Crippen LogP contribution in [-0.4, -0.2) is 19.1 Å². The van der Waals surface area contributed by atoms with Gasteiger partial charge in [0.15, 0.2) is 6.10 Å². The molecule has 0 saturated carbocycles. The Morgan fingerprint density at radius 2 is 1.95 bits per heavy atom. The molecule has 2 aromatic carbocycles. The number of nitrogens with zero attached hydrogens (tertiary/aromatic N) is 1. The smallest absolute Gasteiger partial charge is 0.272 e. The lowest BCUT2D eigenvalue weighted by Crippen LogP contribution is -2.41. The van der Waals surface area contributed by atoms with Crippen LogP contribution in [-0.2, 0) is 4.79 Å². The van der Waals surface area contributed by atoms with Gasteiger partial charge in [-0.25, -0.2) is 0 Å². The van der Waals surface area contributed by atoms with Crippen LogP contribution in [0.2, 0.25) is 0 Å². The number of para-hydroxylation sites is 2. The van der Waals surface area contributed by atoms with E-state index in [0.29, 0.717) is 11.5 Å². The highest BCUT2D eigenvalue weighted by atomic mass is 16.5. The molecule has 0 spiro atoms. The Balaban J connectivity index is 2.13. The van der Waals surface area contributed by atoms with Crippen molar-refractivity contribution in [2.45, 2.75) is 13.0 Å². The highest BCUT2D eigenvalue weighted by Gasteiger charge is 2.32. The van der Waals surface area contributed by atoms with Crippen molar-refractivity contribution in [1.29, 1.82) is 0 Å². The first kappa shape index (κ1) is 12.5. The summed E-state index contributed by atoms with van der Waals surface area (Å²) in [5.74, 6) is 1.34. The highest BCUT2D eigenvalue weighted by Crippen LogP contribution is 2.39. The molecule has 1 heterocycles. The summed E-state index contributed by atoms with van der Waals surface area (Å²) in [7, 11) is 1.61. The van der Waals surface area contributed by atoms with E-state index < -0.39 is 6.10 Å². The number of amides is 1. The van der Waals surface area contributed by atoms with Crippen molar-refractivity contribution in [1.82, 2.24) is 0 Å². The van der Waals surface area contributed by atoms with Gasteiger partial charge in [0.2, 0.25) is 0 Å². The quantitative estimate of drug-likeness (QED) is 0.840. The van der Waals surface area contributed by atoms with Crippen LogP contribution in [0.5, 0.6) is 11.5 Å². The predicted octanol–water partition coefficient (Wildman–Crippen LogP) is 3.14. The van der Waals surface area contributed by atoms with Crippen LogP contribution in [0, 0.1) is 0 Å². The zero-order valence-corrected chi connectivity index (χ0v) is 11.4. The summed E-state index contributed by atoms with van der Waals surface area (Å²) in [5.41, 5.74) is 1.53. The number of carbonyl (C=O) groups excluding carboxylic acids is 1. The average molecular weight is 269 g/mol. The van der Waals surface area contributed by atoms with Gasteiger partial charge in [0, 0.05) is 6.07 Å². The molecule has 1 amide bonds. The number of hydrogen-bond donors (Lipinski definition) is 0. The second-order valence-corrected chi connectivity index (χ2v) is 4.60. The maximum Gasteiger partial charge on any atom is 0.272 e. The van der Waals surface area contributed by atoms with E-state index in [1.165, 1.54) is 0 Å². The molecule has 1 unspecified atom stereocenters. The van der Waals surface area contributed by atoms with E-state index in [2.05, 4.69) is 0 Å². The van der Waals surface area contributed by atoms with Gasteiger partial charge in [0.25, 0.3) is 5.91 Å². The Labute approximate surface area is 117 Å². The lowest BCUT2D eigenvalue weighted by atomic mass is 10.1. The molecule has 1 aliphatic heterocycles. The molecule has 102 valence electrons. The second-order valence-electron chi connectivity index (χ2n) is 4.60. The molecule has 0 radical (unpaired) electrons. The molecule has 1 atom stereocenters. The van der Waals surface area contributed by atoms with Gasteiger partial charge < -0.3 is 9.47 Å². The van der Waals surface area contributed by atoms with Crippen molar-refractivity contribution >= 4 is 17.3 Å². The topological polar surface area (TPSA) is 38.8 Å². The van der Waals surface area contributed by atoms with Crippen molar-refractivity contribution in [3.63, 3.8) is 0 Å². The number of fused-ring (bicyclic) bond motifs is 1. The summed E-state index contributed by atoms with van der Waals surface area (Å²) in [6.45, 7) is 1.76. The largest absolute Gasteiger partial charge is 0.497 e. The summed E-state index contributed by atoms with van der Waals surface area (Å²) in [6, 6.07) is 15.0. The van der Waals surface area contributed by atoms with Gasteiger partial charge in [-0.05, 0) is 31.2 Å². The third-order valence-electron chi connectivity index (χ3n) is 3.29. The summed E-state index contributed by atoms with van der Waals surface area (Å²) >= 11 is 0. The molecule has 0 aromatic heterocycles. The third kappa shape index (κ3) is 1.99. The second kappa shape index (κ2) is 4.89. The number of anilines is 2. The minimum absolute atomic E-state index is 0.0862. The van der Waals surface area contributed by atoms with Gasteiger partial charge in [0.05, 0.1) is 18.5 Å². The molecule has 0 aliphatic carbocycles. The fraction of sp³-hybridized carbons (Fsp3) is 0.188. The summed E-state index contributed by atoms with van der Waals surface area (Å²) in [4.78, 5) is 14.1. The lowest BCUT2D eigenvalue weighted by molar-refractivity contribution is -0.124. The predicted molar refractivity (Wildman–Crippen MR) is 76.7 cm³/mol. The first-order valence-electron chi connectivity index (χ1n) is 6.44. The maximum absolute atomic E-state index is 12.4. The SMILES string of the molecule is COc1cccc(N2C(=O)C(C)Oc3ccccc32)c1. The Kier molecular flexibility index (Phi) is 3.06. The number of carbonyl (C=O) groups is 1. The summed E-state index contributed by atoms with van der Waals surface area (Å²) in [6.07, 6.45) is -0.504. The number of benzene rings is 2. The summed E-state index contributed by atoms with van der Waals surface area (Å²) in [5, 5.41) is 0. The van der Waals surface area contributed by atoms with Crippen LogP contribution < -0.4 is 14.4 Å². The molecule has 0 bridgehead atoms. The molecule has 2 aromatic rings. The molecule has 20 heavy (non-hydrogen) atoms.